The number of urea groups is 1. The summed E-state index contributed by atoms with van der Waals surface area (Å²) in [5.74, 6) is -1.66. The summed E-state index contributed by atoms with van der Waals surface area (Å²) in [6.07, 6.45) is -2.97. The molecule has 1 fully saturated rings. The molecule has 3 amide bonds. The van der Waals surface area contributed by atoms with Gasteiger partial charge in [-0.1, -0.05) is 17.7 Å². The van der Waals surface area contributed by atoms with Crippen LogP contribution < -0.4 is 15.8 Å². The molecular formula is C22H30F2N6O3S. The third kappa shape index (κ3) is 6.61. The number of ether oxygens (including phenoxy) is 1. The van der Waals surface area contributed by atoms with Gasteiger partial charge < -0.3 is 25.2 Å². The molecule has 0 aliphatic carbocycles. The lowest BCUT2D eigenvalue weighted by atomic mass is 10.1. The Hall–Kier alpha value is -2.83. The second-order valence-corrected chi connectivity index (χ2v) is 9.16. The molecule has 2 aromatic rings. The Morgan fingerprint density at radius 2 is 1.88 bits per heavy atom. The highest BCUT2D eigenvalue weighted by Crippen LogP contribution is 2.37. The number of rotatable bonds is 9. The molecule has 0 radical (unpaired) electrons. The highest BCUT2D eigenvalue weighted by molar-refractivity contribution is 7.11. The monoisotopic (exact) mass is 496 g/mol. The van der Waals surface area contributed by atoms with Crippen molar-refractivity contribution in [1.29, 1.82) is 0 Å². The number of alkyl halides is 2. The van der Waals surface area contributed by atoms with Crippen LogP contribution in [0.5, 0.6) is 5.88 Å². The zero-order valence-corrected chi connectivity index (χ0v) is 20.3. The van der Waals surface area contributed by atoms with Crippen LogP contribution in [-0.2, 0) is 6.11 Å². The second-order valence-electron chi connectivity index (χ2n) is 8.39. The van der Waals surface area contributed by atoms with Gasteiger partial charge in [-0.3, -0.25) is 10.1 Å². The minimum Gasteiger partial charge on any atom is -0.409 e. The quantitative estimate of drug-likeness (QED) is 0.553. The highest BCUT2D eigenvalue weighted by atomic mass is 32.1. The number of anilines is 1. The van der Waals surface area contributed by atoms with Crippen molar-refractivity contribution in [3.05, 3.63) is 41.0 Å². The largest absolute Gasteiger partial charge is 0.427 e. The molecule has 1 aromatic carbocycles. The number of piperazine rings is 1. The number of nitrogens with two attached hydrogens (primary N) is 1. The third-order valence-electron chi connectivity index (χ3n) is 5.65. The molecule has 12 heteroatoms. The first-order chi connectivity index (χ1) is 16.1. The summed E-state index contributed by atoms with van der Waals surface area (Å²) in [6.45, 7) is 7.14. The zero-order chi connectivity index (χ0) is 24.9. The fraction of sp³-hybridized carbons (Fsp3) is 0.500. The maximum atomic E-state index is 14.6. The summed E-state index contributed by atoms with van der Waals surface area (Å²) < 4.78 is 37.8. The van der Waals surface area contributed by atoms with E-state index in [-0.39, 0.29) is 5.00 Å². The Morgan fingerprint density at radius 3 is 2.50 bits per heavy atom. The van der Waals surface area contributed by atoms with Crippen molar-refractivity contribution in [2.24, 2.45) is 5.73 Å². The van der Waals surface area contributed by atoms with Crippen LogP contribution in [0.25, 0.3) is 0 Å². The van der Waals surface area contributed by atoms with Crippen LogP contribution in [0.2, 0.25) is 0 Å². The summed E-state index contributed by atoms with van der Waals surface area (Å²) in [4.78, 5) is 30.7. The van der Waals surface area contributed by atoms with Crippen LogP contribution in [0.3, 0.4) is 0 Å². The lowest BCUT2D eigenvalue weighted by molar-refractivity contribution is -0.187. The minimum atomic E-state index is -3.74. The Kier molecular flexibility index (Phi) is 8.39. The second kappa shape index (κ2) is 11.1. The molecule has 0 spiro atoms. The summed E-state index contributed by atoms with van der Waals surface area (Å²) in [5.41, 5.74) is 5.41. The van der Waals surface area contributed by atoms with Gasteiger partial charge >= 0.3 is 12.1 Å². The van der Waals surface area contributed by atoms with Crippen LogP contribution >= 0.6 is 11.5 Å². The van der Waals surface area contributed by atoms with Gasteiger partial charge in [0, 0.05) is 39.8 Å². The molecular weight excluding hydrogens is 466 g/mol. The van der Waals surface area contributed by atoms with Gasteiger partial charge in [0.2, 0.25) is 5.88 Å². The normalized spacial score (nSPS) is 15.2. The van der Waals surface area contributed by atoms with Crippen molar-refractivity contribution < 1.29 is 23.1 Å². The van der Waals surface area contributed by atoms with Crippen molar-refractivity contribution in [3.63, 3.8) is 0 Å². The van der Waals surface area contributed by atoms with Crippen molar-refractivity contribution in [2.75, 3.05) is 58.7 Å². The van der Waals surface area contributed by atoms with E-state index in [0.717, 1.165) is 44.7 Å². The van der Waals surface area contributed by atoms with E-state index in [4.69, 9.17) is 10.5 Å². The molecule has 9 nitrogen and oxygen atoms in total. The lowest BCUT2D eigenvalue weighted by Gasteiger charge is -2.32. The van der Waals surface area contributed by atoms with E-state index in [1.54, 1.807) is 14.0 Å². The van der Waals surface area contributed by atoms with E-state index in [9.17, 15) is 18.4 Å². The first kappa shape index (κ1) is 25.8. The van der Waals surface area contributed by atoms with Gasteiger partial charge in [-0.15, -0.1) is 0 Å². The molecule has 1 saturated heterocycles. The van der Waals surface area contributed by atoms with Crippen LogP contribution in [0.15, 0.2) is 24.3 Å². The fourth-order valence-corrected chi connectivity index (χ4v) is 4.19. The van der Waals surface area contributed by atoms with Crippen LogP contribution in [0, 0.1) is 6.92 Å². The number of hydrogen-bond donors (Lipinski definition) is 2. The van der Waals surface area contributed by atoms with Crippen molar-refractivity contribution >= 4 is 28.5 Å². The van der Waals surface area contributed by atoms with Gasteiger partial charge in [0.15, 0.2) is 0 Å². The Morgan fingerprint density at radius 1 is 1.24 bits per heavy atom. The number of carbonyl (C=O) groups excluding carboxylic acids is 2. The zero-order valence-electron chi connectivity index (χ0n) is 19.5. The smallest absolute Gasteiger partial charge is 0.409 e. The average molecular weight is 497 g/mol. The first-order valence-electron chi connectivity index (χ1n) is 10.9. The number of aromatic nitrogens is 1. The summed E-state index contributed by atoms with van der Waals surface area (Å²) >= 11 is 0.655. The lowest BCUT2D eigenvalue weighted by Crippen LogP contribution is -2.45. The Balaban J connectivity index is 1.60. The van der Waals surface area contributed by atoms with E-state index >= 15 is 0 Å². The van der Waals surface area contributed by atoms with Gasteiger partial charge in [0.05, 0.1) is 5.56 Å². The van der Waals surface area contributed by atoms with Crippen molar-refractivity contribution in [1.82, 2.24) is 19.1 Å². The maximum absolute atomic E-state index is 14.6. The first-order valence-corrected chi connectivity index (χ1v) is 11.7. The fourth-order valence-electron chi connectivity index (χ4n) is 3.47. The molecule has 1 aromatic heterocycles. The molecule has 1 aliphatic heterocycles. The molecule has 0 saturated carbocycles. The molecule has 3 rings (SSSR count). The van der Waals surface area contributed by atoms with E-state index in [1.165, 1.54) is 29.2 Å². The van der Waals surface area contributed by atoms with Crippen LogP contribution in [-0.4, -0.2) is 84.4 Å². The van der Waals surface area contributed by atoms with Gasteiger partial charge in [-0.25, -0.2) is 4.79 Å². The van der Waals surface area contributed by atoms with Crippen LogP contribution in [0.4, 0.5) is 18.6 Å². The molecule has 0 atom stereocenters. The molecule has 1 aliphatic rings. The topological polar surface area (TPSA) is 104 Å². The summed E-state index contributed by atoms with van der Waals surface area (Å²) in [5, 5.41) is 2.49. The Bertz CT molecular complexity index is 993. The number of amides is 3. The molecule has 0 unspecified atom stereocenters. The number of halogens is 2. The molecule has 186 valence electrons. The number of aryl methyl sites for hydroxylation is 1. The number of hydrogen-bond acceptors (Lipinski definition) is 7. The standard InChI is InChI=1S/C22H30F2N6O3S/c1-15-5-7-16(8-6-15)22(23,24)33-19-17(18(25)31)20(34-27-19)26-21(32)29(3)9-4-10-30-13-11-28(2)12-14-30/h5-8H,4,9-14H2,1-3H3,(H2,25,31)(H,26,32). The van der Waals surface area contributed by atoms with E-state index in [0.29, 0.717) is 18.1 Å². The SMILES string of the molecule is Cc1ccc(C(F)(F)Oc2nsc(NC(=O)N(C)CCCN3CCN(C)CC3)c2C(N)=O)cc1. The third-order valence-corrected chi connectivity index (χ3v) is 6.40. The maximum Gasteiger partial charge on any atom is 0.427 e. The molecule has 0 bridgehead atoms. The number of nitrogens with zero attached hydrogens (tertiary/aromatic N) is 4. The van der Waals surface area contributed by atoms with Gasteiger partial charge in [-0.05, 0) is 50.6 Å². The summed E-state index contributed by atoms with van der Waals surface area (Å²) in [7, 11) is 3.71. The van der Waals surface area contributed by atoms with Crippen LogP contribution in [0.1, 0.15) is 27.9 Å². The van der Waals surface area contributed by atoms with E-state index in [2.05, 4.69) is 26.5 Å². The van der Waals surface area contributed by atoms with Gasteiger partial charge in [-0.2, -0.15) is 13.2 Å². The number of primary amides is 1. The van der Waals surface area contributed by atoms with E-state index in [1.807, 2.05) is 0 Å². The van der Waals surface area contributed by atoms with Crippen molar-refractivity contribution in [3.8, 4) is 5.88 Å². The highest BCUT2D eigenvalue weighted by Gasteiger charge is 2.37. The minimum absolute atomic E-state index is 0.0434. The molecule has 34 heavy (non-hydrogen) atoms. The molecule has 2 heterocycles. The predicted molar refractivity (Wildman–Crippen MR) is 127 cm³/mol. The van der Waals surface area contributed by atoms with E-state index < -0.39 is 35.1 Å². The predicted octanol–water partition coefficient (Wildman–Crippen LogP) is 2.78. The molecule has 3 N–H and O–H groups in total. The Labute approximate surface area is 201 Å². The van der Waals surface area contributed by atoms with Gasteiger partial charge in [0.1, 0.15) is 10.6 Å². The average Bonchev–Trinajstić information content (AvgIpc) is 3.16. The number of nitrogens with one attached hydrogen (secondary N) is 1. The summed E-state index contributed by atoms with van der Waals surface area (Å²) in [6, 6.07) is 5.00. The van der Waals surface area contributed by atoms with Crippen molar-refractivity contribution in [2.45, 2.75) is 19.5 Å². The van der Waals surface area contributed by atoms with Gasteiger partial charge in [0.25, 0.3) is 5.91 Å². The number of likely N-dealkylation sites (N-methyl/N-ethyl adjacent to an activating group) is 1. The number of carbonyl (C=O) groups is 2. The number of benzene rings is 1.